The zero-order chi connectivity index (χ0) is 12.0. The van der Waals surface area contributed by atoms with E-state index in [9.17, 15) is 4.79 Å². The van der Waals surface area contributed by atoms with Crippen molar-refractivity contribution in [1.29, 1.82) is 0 Å². The van der Waals surface area contributed by atoms with Gasteiger partial charge in [0, 0.05) is 13.0 Å². The zero-order valence-corrected chi connectivity index (χ0v) is 10.7. The topological polar surface area (TPSA) is 32.7 Å². The van der Waals surface area contributed by atoms with Gasteiger partial charge in [-0.2, -0.15) is 0 Å². The number of carbonyl (C=O) groups is 1. The zero-order valence-electron chi connectivity index (χ0n) is 9.88. The number of amidine groups is 1. The van der Waals surface area contributed by atoms with E-state index in [0.29, 0.717) is 0 Å². The molecule has 2 atom stereocenters. The van der Waals surface area contributed by atoms with Crippen molar-refractivity contribution in [3.8, 4) is 0 Å². The minimum atomic E-state index is -0.478. The molecule has 1 amide bonds. The Kier molecular flexibility index (Phi) is 2.30. The predicted molar refractivity (Wildman–Crippen MR) is 70.3 cm³/mol. The SMILES string of the molecule is CSC1=N[C@]2(C[C@H]2c2ccccc2)C(=O)N1C. The molecule has 17 heavy (non-hydrogen) atoms. The molecule has 3 rings (SSSR count). The lowest BCUT2D eigenvalue weighted by molar-refractivity contribution is -0.127. The van der Waals surface area contributed by atoms with Crippen LogP contribution in [0.2, 0.25) is 0 Å². The molecule has 1 aromatic carbocycles. The second kappa shape index (κ2) is 3.60. The Hall–Kier alpha value is -1.29. The quantitative estimate of drug-likeness (QED) is 0.760. The fraction of sp³-hybridized carbons (Fsp3) is 0.385. The van der Waals surface area contributed by atoms with Crippen molar-refractivity contribution >= 4 is 22.8 Å². The summed E-state index contributed by atoms with van der Waals surface area (Å²) in [5.41, 5.74) is 0.745. The lowest BCUT2D eigenvalue weighted by atomic mass is 10.1. The molecule has 1 aliphatic heterocycles. The molecule has 1 fully saturated rings. The van der Waals surface area contributed by atoms with Crippen LogP contribution in [0.15, 0.2) is 35.3 Å². The predicted octanol–water partition coefficient (Wildman–Crippen LogP) is 2.10. The molecule has 4 heteroatoms. The highest BCUT2D eigenvalue weighted by molar-refractivity contribution is 8.13. The summed E-state index contributed by atoms with van der Waals surface area (Å²) >= 11 is 1.54. The van der Waals surface area contributed by atoms with Gasteiger partial charge in [0.05, 0.1) is 0 Å². The van der Waals surface area contributed by atoms with E-state index in [2.05, 4.69) is 17.1 Å². The summed E-state index contributed by atoms with van der Waals surface area (Å²) in [5.74, 6) is 0.416. The minimum Gasteiger partial charge on any atom is -0.293 e. The average Bonchev–Trinajstić information content (AvgIpc) is 3.05. The van der Waals surface area contributed by atoms with Gasteiger partial charge in [-0.1, -0.05) is 42.1 Å². The first-order valence-electron chi connectivity index (χ1n) is 5.66. The number of likely N-dealkylation sites (N-methyl/N-ethyl adjacent to an activating group) is 1. The standard InChI is InChI=1S/C13H14N2OS/c1-15-11(16)13(14-12(15)17-2)8-10(13)9-6-4-3-5-7-9/h3-7,10H,8H2,1-2H3/t10-,13-/m0/s1. The summed E-state index contributed by atoms with van der Waals surface area (Å²) in [4.78, 5) is 18.6. The highest BCUT2D eigenvalue weighted by Gasteiger charge is 2.65. The van der Waals surface area contributed by atoms with E-state index >= 15 is 0 Å². The maximum atomic E-state index is 12.2. The van der Waals surface area contributed by atoms with Gasteiger partial charge in [-0.05, 0) is 18.2 Å². The van der Waals surface area contributed by atoms with Crippen LogP contribution in [0.3, 0.4) is 0 Å². The molecule has 0 aromatic heterocycles. The normalized spacial score (nSPS) is 30.9. The van der Waals surface area contributed by atoms with Gasteiger partial charge in [0.15, 0.2) is 5.17 Å². The molecule has 1 heterocycles. The number of aliphatic imine (C=N–C) groups is 1. The third kappa shape index (κ3) is 1.43. The number of nitrogens with zero attached hydrogens (tertiary/aromatic N) is 2. The fourth-order valence-corrected chi connectivity index (χ4v) is 3.16. The van der Waals surface area contributed by atoms with Crippen LogP contribution in [0, 0.1) is 0 Å². The maximum Gasteiger partial charge on any atom is 0.256 e. The summed E-state index contributed by atoms with van der Waals surface area (Å²) in [7, 11) is 1.81. The molecule has 0 unspecified atom stereocenters. The molecule has 0 N–H and O–H groups in total. The van der Waals surface area contributed by atoms with Gasteiger partial charge < -0.3 is 0 Å². The Bertz CT molecular complexity index is 499. The maximum absolute atomic E-state index is 12.2. The Labute approximate surface area is 105 Å². The number of amides is 1. The van der Waals surface area contributed by atoms with E-state index in [0.717, 1.165) is 11.6 Å². The van der Waals surface area contributed by atoms with E-state index < -0.39 is 5.54 Å². The van der Waals surface area contributed by atoms with Crippen molar-refractivity contribution in [1.82, 2.24) is 4.90 Å². The summed E-state index contributed by atoms with van der Waals surface area (Å²) in [5, 5.41) is 0.841. The van der Waals surface area contributed by atoms with Crippen LogP contribution in [0.1, 0.15) is 17.9 Å². The van der Waals surface area contributed by atoms with Crippen molar-refractivity contribution in [3.63, 3.8) is 0 Å². The van der Waals surface area contributed by atoms with Crippen LogP contribution < -0.4 is 0 Å². The Morgan fingerprint density at radius 1 is 1.41 bits per heavy atom. The van der Waals surface area contributed by atoms with E-state index in [1.165, 1.54) is 17.3 Å². The molecule has 88 valence electrons. The number of thioether (sulfide) groups is 1. The first-order chi connectivity index (χ1) is 8.19. The van der Waals surface area contributed by atoms with E-state index in [1.54, 1.807) is 4.90 Å². The molecule has 3 nitrogen and oxygen atoms in total. The van der Waals surface area contributed by atoms with Crippen LogP contribution >= 0.6 is 11.8 Å². The molecule has 1 aromatic rings. The summed E-state index contributed by atoms with van der Waals surface area (Å²) in [6.45, 7) is 0. The summed E-state index contributed by atoms with van der Waals surface area (Å²) in [6, 6.07) is 10.2. The number of carbonyl (C=O) groups excluding carboxylic acids is 1. The lowest BCUT2D eigenvalue weighted by Gasteiger charge is -2.10. The molecule has 0 bridgehead atoms. The highest BCUT2D eigenvalue weighted by Crippen LogP contribution is 2.57. The number of rotatable bonds is 1. The molecular formula is C13H14N2OS. The van der Waals surface area contributed by atoms with Crippen molar-refractivity contribution < 1.29 is 4.79 Å². The molecule has 0 saturated heterocycles. The molecule has 1 aliphatic carbocycles. The Morgan fingerprint density at radius 2 is 2.12 bits per heavy atom. The van der Waals surface area contributed by atoms with Crippen molar-refractivity contribution in [2.45, 2.75) is 17.9 Å². The Morgan fingerprint density at radius 3 is 2.71 bits per heavy atom. The average molecular weight is 246 g/mol. The van der Waals surface area contributed by atoms with Crippen LogP contribution in [-0.2, 0) is 4.79 Å². The van der Waals surface area contributed by atoms with Crippen molar-refractivity contribution in [2.24, 2.45) is 4.99 Å². The smallest absolute Gasteiger partial charge is 0.256 e. The van der Waals surface area contributed by atoms with E-state index in [1.807, 2.05) is 31.5 Å². The van der Waals surface area contributed by atoms with Gasteiger partial charge in [-0.25, -0.2) is 4.99 Å². The fourth-order valence-electron chi connectivity index (χ4n) is 2.54. The van der Waals surface area contributed by atoms with E-state index in [-0.39, 0.29) is 11.8 Å². The molecule has 2 aliphatic rings. The summed E-state index contributed by atoms with van der Waals surface area (Å²) < 4.78 is 0. The lowest BCUT2D eigenvalue weighted by Crippen LogP contribution is -2.32. The van der Waals surface area contributed by atoms with Gasteiger partial charge in [-0.3, -0.25) is 9.69 Å². The molecular weight excluding hydrogens is 232 g/mol. The van der Waals surface area contributed by atoms with Gasteiger partial charge >= 0.3 is 0 Å². The second-order valence-electron chi connectivity index (χ2n) is 4.55. The first kappa shape index (κ1) is 10.8. The van der Waals surface area contributed by atoms with Crippen LogP contribution in [-0.4, -0.2) is 34.8 Å². The van der Waals surface area contributed by atoms with Crippen molar-refractivity contribution in [2.75, 3.05) is 13.3 Å². The first-order valence-corrected chi connectivity index (χ1v) is 6.88. The highest BCUT2D eigenvalue weighted by atomic mass is 32.2. The van der Waals surface area contributed by atoms with Gasteiger partial charge in [0.2, 0.25) is 0 Å². The number of hydrogen-bond acceptors (Lipinski definition) is 3. The van der Waals surface area contributed by atoms with Crippen molar-refractivity contribution in [3.05, 3.63) is 35.9 Å². The second-order valence-corrected chi connectivity index (χ2v) is 5.33. The largest absolute Gasteiger partial charge is 0.293 e. The molecule has 1 saturated carbocycles. The van der Waals surface area contributed by atoms with Crippen LogP contribution in [0.5, 0.6) is 0 Å². The van der Waals surface area contributed by atoms with Crippen LogP contribution in [0.25, 0.3) is 0 Å². The Balaban J connectivity index is 1.93. The van der Waals surface area contributed by atoms with Gasteiger partial charge in [0.25, 0.3) is 5.91 Å². The van der Waals surface area contributed by atoms with E-state index in [4.69, 9.17) is 0 Å². The number of benzene rings is 1. The summed E-state index contributed by atoms with van der Waals surface area (Å²) in [6.07, 6.45) is 2.81. The molecule has 1 spiro atoms. The van der Waals surface area contributed by atoms with Gasteiger partial charge in [-0.15, -0.1) is 0 Å². The number of hydrogen-bond donors (Lipinski definition) is 0. The molecule has 0 radical (unpaired) electrons. The minimum absolute atomic E-state index is 0.149. The monoisotopic (exact) mass is 246 g/mol. The third-order valence-electron chi connectivity index (χ3n) is 3.57. The third-order valence-corrected chi connectivity index (χ3v) is 4.30. The van der Waals surface area contributed by atoms with Crippen LogP contribution in [0.4, 0.5) is 0 Å². The van der Waals surface area contributed by atoms with Gasteiger partial charge in [0.1, 0.15) is 5.54 Å².